The summed E-state index contributed by atoms with van der Waals surface area (Å²) in [6, 6.07) is -0.794. The number of methoxy groups -OCH3 is 1. The Morgan fingerprint density at radius 1 is 1.33 bits per heavy atom. The number of nitrogens with zero attached hydrogens (tertiary/aromatic N) is 1. The van der Waals surface area contributed by atoms with E-state index in [1.807, 2.05) is 0 Å². The number of aliphatic hydroxyl groups excluding tert-OH is 1. The van der Waals surface area contributed by atoms with Gasteiger partial charge in [0.2, 0.25) is 0 Å². The smallest absolute Gasteiger partial charge is 0.468 e. The monoisotopic (exact) mass is 261 g/mol. The molecule has 0 aliphatic carbocycles. The molecule has 0 amide bonds. The van der Waals surface area contributed by atoms with Crippen LogP contribution in [-0.2, 0) is 19.1 Å². The van der Waals surface area contributed by atoms with Gasteiger partial charge in [-0.05, 0) is 20.8 Å². The Bertz CT molecular complexity index is 324. The average Bonchev–Trinajstić information content (AvgIpc) is 2.55. The fourth-order valence-electron chi connectivity index (χ4n) is 1.60. The minimum Gasteiger partial charge on any atom is -0.468 e. The summed E-state index contributed by atoms with van der Waals surface area (Å²) in [6.07, 6.45) is -1.49. The van der Waals surface area contributed by atoms with Crippen LogP contribution < -0.4 is 0 Å². The molecule has 18 heavy (non-hydrogen) atoms. The zero-order valence-electron chi connectivity index (χ0n) is 11.0. The molecule has 1 heterocycles. The van der Waals surface area contributed by atoms with Crippen LogP contribution in [0.3, 0.4) is 0 Å². The van der Waals surface area contributed by atoms with Crippen molar-refractivity contribution < 1.29 is 29.0 Å². The van der Waals surface area contributed by atoms with Crippen LogP contribution in [0.25, 0.3) is 0 Å². The van der Waals surface area contributed by atoms with Crippen molar-refractivity contribution in [2.75, 3.05) is 13.7 Å². The van der Waals surface area contributed by atoms with E-state index in [4.69, 9.17) is 9.57 Å². The standard InChI is InChI=1S/C11H19NO6/c1-11(2,3)17-10(15)18-12-6-7(13)5-8(12)9(14)16-4/h7-8,13H,5-6H2,1-4H3/t7?,8-/m0/s1. The molecular formula is C11H19NO6. The summed E-state index contributed by atoms with van der Waals surface area (Å²) in [5.41, 5.74) is -0.684. The Morgan fingerprint density at radius 2 is 1.94 bits per heavy atom. The Balaban J connectivity index is 2.59. The summed E-state index contributed by atoms with van der Waals surface area (Å²) >= 11 is 0. The summed E-state index contributed by atoms with van der Waals surface area (Å²) in [5, 5.41) is 10.6. The van der Waals surface area contributed by atoms with Gasteiger partial charge in [-0.15, -0.1) is 5.06 Å². The van der Waals surface area contributed by atoms with Gasteiger partial charge in [0.1, 0.15) is 11.6 Å². The molecule has 7 nitrogen and oxygen atoms in total. The van der Waals surface area contributed by atoms with Gasteiger partial charge in [0.05, 0.1) is 19.8 Å². The van der Waals surface area contributed by atoms with E-state index in [9.17, 15) is 14.7 Å². The highest BCUT2D eigenvalue weighted by Crippen LogP contribution is 2.20. The van der Waals surface area contributed by atoms with Crippen LogP contribution in [0.5, 0.6) is 0 Å². The molecule has 0 aromatic rings. The predicted molar refractivity (Wildman–Crippen MR) is 60.5 cm³/mol. The molecule has 0 aromatic carbocycles. The van der Waals surface area contributed by atoms with E-state index in [0.717, 1.165) is 5.06 Å². The largest absolute Gasteiger partial charge is 0.528 e. The van der Waals surface area contributed by atoms with Gasteiger partial charge in [-0.3, -0.25) is 4.79 Å². The van der Waals surface area contributed by atoms with Gasteiger partial charge in [-0.1, -0.05) is 0 Å². The molecule has 1 aliphatic rings. The summed E-state index contributed by atoms with van der Waals surface area (Å²) in [6.45, 7) is 5.15. The maximum atomic E-state index is 11.5. The lowest BCUT2D eigenvalue weighted by molar-refractivity contribution is -0.176. The molecule has 2 atom stereocenters. The van der Waals surface area contributed by atoms with Crippen LogP contribution in [0.4, 0.5) is 4.79 Å². The number of carbonyl (C=O) groups is 2. The van der Waals surface area contributed by atoms with E-state index in [1.54, 1.807) is 20.8 Å². The lowest BCUT2D eigenvalue weighted by Gasteiger charge is -2.24. The van der Waals surface area contributed by atoms with E-state index in [-0.39, 0.29) is 13.0 Å². The van der Waals surface area contributed by atoms with Gasteiger partial charge in [-0.2, -0.15) is 0 Å². The third-order valence-corrected chi connectivity index (χ3v) is 2.29. The maximum Gasteiger partial charge on any atom is 0.528 e. The van der Waals surface area contributed by atoms with Gasteiger partial charge < -0.3 is 19.4 Å². The highest BCUT2D eigenvalue weighted by molar-refractivity contribution is 5.76. The van der Waals surface area contributed by atoms with Crippen molar-refractivity contribution >= 4 is 12.1 Å². The SMILES string of the molecule is COC(=O)[C@@H]1CC(O)CN1OC(=O)OC(C)(C)C. The van der Waals surface area contributed by atoms with Crippen molar-refractivity contribution in [1.29, 1.82) is 0 Å². The fraction of sp³-hybridized carbons (Fsp3) is 0.818. The lowest BCUT2D eigenvalue weighted by atomic mass is 10.2. The molecule has 1 N–H and O–H groups in total. The highest BCUT2D eigenvalue weighted by Gasteiger charge is 2.40. The zero-order valence-corrected chi connectivity index (χ0v) is 11.0. The molecule has 1 unspecified atom stereocenters. The van der Waals surface area contributed by atoms with E-state index >= 15 is 0 Å². The molecule has 0 bridgehead atoms. The van der Waals surface area contributed by atoms with Gasteiger partial charge in [0.15, 0.2) is 0 Å². The zero-order chi connectivity index (χ0) is 13.9. The van der Waals surface area contributed by atoms with Crippen molar-refractivity contribution in [2.24, 2.45) is 0 Å². The predicted octanol–water partition coefficient (Wildman–Crippen LogP) is 0.461. The summed E-state index contributed by atoms with van der Waals surface area (Å²) < 4.78 is 9.53. The number of rotatable bonds is 2. The Kier molecular flexibility index (Phi) is 4.53. The molecule has 0 radical (unpaired) electrons. The molecule has 1 rings (SSSR count). The number of carbonyl (C=O) groups excluding carboxylic acids is 2. The number of esters is 1. The van der Waals surface area contributed by atoms with Crippen LogP contribution in [0.15, 0.2) is 0 Å². The quantitative estimate of drug-likeness (QED) is 0.723. The number of ether oxygens (including phenoxy) is 2. The molecule has 1 saturated heterocycles. The lowest BCUT2D eigenvalue weighted by Crippen LogP contribution is -2.39. The molecule has 0 spiro atoms. The maximum absolute atomic E-state index is 11.5. The average molecular weight is 261 g/mol. The summed E-state index contributed by atoms with van der Waals surface area (Å²) in [5.74, 6) is -0.560. The second kappa shape index (κ2) is 5.53. The van der Waals surface area contributed by atoms with Crippen LogP contribution in [0, 0.1) is 0 Å². The van der Waals surface area contributed by atoms with Gasteiger partial charge >= 0.3 is 12.1 Å². The summed E-state index contributed by atoms with van der Waals surface area (Å²) in [7, 11) is 1.23. The van der Waals surface area contributed by atoms with Crippen LogP contribution in [0.1, 0.15) is 27.2 Å². The topological polar surface area (TPSA) is 85.3 Å². The van der Waals surface area contributed by atoms with Crippen molar-refractivity contribution in [2.45, 2.75) is 44.9 Å². The minimum atomic E-state index is -0.912. The molecule has 104 valence electrons. The van der Waals surface area contributed by atoms with Gasteiger partial charge in [0, 0.05) is 6.42 Å². The van der Waals surface area contributed by atoms with Crippen LogP contribution >= 0.6 is 0 Å². The Morgan fingerprint density at radius 3 is 2.44 bits per heavy atom. The second-order valence-corrected chi connectivity index (χ2v) is 5.08. The Hall–Kier alpha value is -1.34. The molecule has 1 aliphatic heterocycles. The van der Waals surface area contributed by atoms with Crippen LogP contribution in [0.2, 0.25) is 0 Å². The van der Waals surface area contributed by atoms with Crippen molar-refractivity contribution in [3.63, 3.8) is 0 Å². The molecule has 1 fully saturated rings. The first-order valence-electron chi connectivity index (χ1n) is 5.66. The molecule has 7 heteroatoms. The highest BCUT2D eigenvalue weighted by atomic mass is 16.8. The first-order valence-corrected chi connectivity index (χ1v) is 5.66. The van der Waals surface area contributed by atoms with E-state index < -0.39 is 29.9 Å². The number of hydroxylamine groups is 2. The van der Waals surface area contributed by atoms with Crippen LogP contribution in [-0.4, -0.2) is 53.7 Å². The number of aliphatic hydroxyl groups is 1. The third-order valence-electron chi connectivity index (χ3n) is 2.29. The van der Waals surface area contributed by atoms with E-state index in [2.05, 4.69) is 4.74 Å². The van der Waals surface area contributed by atoms with Crippen molar-refractivity contribution in [3.8, 4) is 0 Å². The molecule has 0 aromatic heterocycles. The van der Waals surface area contributed by atoms with E-state index in [1.165, 1.54) is 7.11 Å². The van der Waals surface area contributed by atoms with Crippen molar-refractivity contribution in [3.05, 3.63) is 0 Å². The van der Waals surface area contributed by atoms with Gasteiger partial charge in [0.25, 0.3) is 0 Å². The number of β-amino-alcohol motifs (C(OH)–C–C–N with tert-alkyl or cyclic N) is 1. The first kappa shape index (κ1) is 14.7. The van der Waals surface area contributed by atoms with E-state index in [0.29, 0.717) is 0 Å². The van der Waals surface area contributed by atoms with Crippen molar-refractivity contribution in [1.82, 2.24) is 5.06 Å². The molecule has 0 saturated carbocycles. The fourth-order valence-corrected chi connectivity index (χ4v) is 1.60. The third kappa shape index (κ3) is 4.15. The minimum absolute atomic E-state index is 0.0546. The van der Waals surface area contributed by atoms with Gasteiger partial charge in [-0.25, -0.2) is 4.79 Å². The Labute approximate surface area is 106 Å². The summed E-state index contributed by atoms with van der Waals surface area (Å²) in [4.78, 5) is 27.8. The first-order chi connectivity index (χ1) is 8.23. The molecular weight excluding hydrogens is 242 g/mol. The second-order valence-electron chi connectivity index (χ2n) is 5.08. The number of hydrogen-bond donors (Lipinski definition) is 1. The normalized spacial score (nSPS) is 24.7. The number of hydrogen-bond acceptors (Lipinski definition) is 7.